The molecule has 1 amide bonds. The summed E-state index contributed by atoms with van der Waals surface area (Å²) in [7, 11) is 1.64. The molecule has 0 saturated heterocycles. The Labute approximate surface area is 156 Å². The first kappa shape index (κ1) is 15.9. The maximum absolute atomic E-state index is 12.7. The summed E-state index contributed by atoms with van der Waals surface area (Å²) in [5.74, 6) is 0.952. The molecule has 0 aliphatic carbocycles. The van der Waals surface area contributed by atoms with Gasteiger partial charge >= 0.3 is 0 Å². The second-order valence-electron chi connectivity index (χ2n) is 6.78. The molecule has 3 unspecified atom stereocenters. The van der Waals surface area contributed by atoms with Crippen LogP contribution in [0.4, 0.5) is 0 Å². The lowest BCUT2D eigenvalue weighted by molar-refractivity contribution is -0.128. The van der Waals surface area contributed by atoms with Crippen molar-refractivity contribution in [1.82, 2.24) is 5.32 Å². The van der Waals surface area contributed by atoms with Crippen LogP contribution in [0.5, 0.6) is 11.5 Å². The fourth-order valence-electron chi connectivity index (χ4n) is 4.06. The van der Waals surface area contributed by atoms with Gasteiger partial charge in [-0.3, -0.25) is 4.79 Å². The largest absolute Gasteiger partial charge is 0.497 e. The molecule has 3 aromatic rings. The molecule has 0 radical (unpaired) electrons. The molecule has 0 bridgehead atoms. The maximum atomic E-state index is 12.7. The van der Waals surface area contributed by atoms with E-state index in [9.17, 15) is 4.79 Å². The molecule has 0 aromatic heterocycles. The fraction of sp³-hybridized carbons (Fsp3) is 0.182. The summed E-state index contributed by atoms with van der Waals surface area (Å²) in [6.07, 6.45) is 0.897. The van der Waals surface area contributed by atoms with Crippen LogP contribution in [-0.4, -0.2) is 25.6 Å². The standard InChI is InChI=1S/C22H18N2O3/c1-26-15-9-6-14(7-10-15)18-17-11-8-13-4-2-3-5-16(13)20(17)27-22-19(18)21(25)23-12-24-22/h2-12,18-19,22H,1H3,(H,23,24,25). The highest BCUT2D eigenvalue weighted by atomic mass is 16.5. The average molecular weight is 358 g/mol. The Hall–Kier alpha value is -3.34. The maximum Gasteiger partial charge on any atom is 0.234 e. The summed E-state index contributed by atoms with van der Waals surface area (Å²) in [5, 5.41) is 4.88. The zero-order chi connectivity index (χ0) is 18.4. The van der Waals surface area contributed by atoms with Crippen LogP contribution >= 0.6 is 0 Å². The number of methoxy groups -OCH3 is 1. The van der Waals surface area contributed by atoms with Crippen LogP contribution in [0.15, 0.2) is 65.7 Å². The molecule has 2 aliphatic rings. The lowest BCUT2D eigenvalue weighted by Crippen LogP contribution is -2.48. The number of carbonyl (C=O) groups is 1. The summed E-state index contributed by atoms with van der Waals surface area (Å²) in [4.78, 5) is 17.1. The second kappa shape index (κ2) is 6.13. The van der Waals surface area contributed by atoms with Gasteiger partial charge in [-0.25, -0.2) is 4.99 Å². The number of ether oxygens (including phenoxy) is 2. The molecule has 134 valence electrons. The van der Waals surface area contributed by atoms with E-state index in [-0.39, 0.29) is 11.8 Å². The minimum absolute atomic E-state index is 0.0744. The number of hydrogen-bond donors (Lipinski definition) is 1. The van der Waals surface area contributed by atoms with Crippen molar-refractivity contribution in [2.45, 2.75) is 12.1 Å². The Morgan fingerprint density at radius 1 is 1.04 bits per heavy atom. The van der Waals surface area contributed by atoms with Gasteiger partial charge in [0, 0.05) is 16.9 Å². The van der Waals surface area contributed by atoms with Gasteiger partial charge in [-0.15, -0.1) is 0 Å². The Morgan fingerprint density at radius 3 is 2.67 bits per heavy atom. The Balaban J connectivity index is 1.74. The average Bonchev–Trinajstić information content (AvgIpc) is 2.72. The van der Waals surface area contributed by atoms with E-state index in [0.29, 0.717) is 0 Å². The number of carbonyl (C=O) groups excluding carboxylic acids is 1. The van der Waals surface area contributed by atoms with Crippen molar-refractivity contribution in [3.8, 4) is 11.5 Å². The van der Waals surface area contributed by atoms with Gasteiger partial charge in [0.2, 0.25) is 12.1 Å². The lowest BCUT2D eigenvalue weighted by atomic mass is 9.76. The Morgan fingerprint density at radius 2 is 1.85 bits per heavy atom. The molecule has 3 aromatic carbocycles. The zero-order valence-electron chi connectivity index (χ0n) is 14.8. The predicted molar refractivity (Wildman–Crippen MR) is 103 cm³/mol. The molecule has 5 heteroatoms. The molecule has 0 saturated carbocycles. The van der Waals surface area contributed by atoms with E-state index in [4.69, 9.17) is 9.47 Å². The SMILES string of the molecule is COc1ccc(C2c3ccc4ccccc4c3OC3N=CNC(=O)C32)cc1. The van der Waals surface area contributed by atoms with Crippen molar-refractivity contribution in [3.63, 3.8) is 0 Å². The lowest BCUT2D eigenvalue weighted by Gasteiger charge is -2.39. The third kappa shape index (κ3) is 2.46. The molecular formula is C22H18N2O3. The summed E-state index contributed by atoms with van der Waals surface area (Å²) < 4.78 is 11.5. The minimum Gasteiger partial charge on any atom is -0.497 e. The van der Waals surface area contributed by atoms with Crippen LogP contribution in [0.1, 0.15) is 17.0 Å². The number of nitrogens with one attached hydrogen (secondary N) is 1. The zero-order valence-corrected chi connectivity index (χ0v) is 14.8. The van der Waals surface area contributed by atoms with Gasteiger partial charge in [-0.1, -0.05) is 48.5 Å². The number of hydrogen-bond acceptors (Lipinski definition) is 4. The summed E-state index contributed by atoms with van der Waals surface area (Å²) in [6.45, 7) is 0. The van der Waals surface area contributed by atoms with Gasteiger partial charge < -0.3 is 14.8 Å². The van der Waals surface area contributed by atoms with E-state index in [1.807, 2.05) is 42.5 Å². The smallest absolute Gasteiger partial charge is 0.234 e. The van der Waals surface area contributed by atoms with Gasteiger partial charge in [0.1, 0.15) is 17.4 Å². The topological polar surface area (TPSA) is 59.9 Å². The van der Waals surface area contributed by atoms with E-state index in [0.717, 1.165) is 33.4 Å². The molecule has 1 N–H and O–H groups in total. The van der Waals surface area contributed by atoms with Crippen molar-refractivity contribution < 1.29 is 14.3 Å². The monoisotopic (exact) mass is 358 g/mol. The molecule has 3 atom stereocenters. The number of nitrogens with zero attached hydrogens (tertiary/aromatic N) is 1. The minimum atomic E-state index is -0.538. The fourth-order valence-corrected chi connectivity index (χ4v) is 4.06. The van der Waals surface area contributed by atoms with Gasteiger partial charge in [0.05, 0.1) is 13.4 Å². The van der Waals surface area contributed by atoms with E-state index in [1.54, 1.807) is 7.11 Å². The van der Waals surface area contributed by atoms with Crippen LogP contribution in [0.3, 0.4) is 0 Å². The van der Waals surface area contributed by atoms with Crippen LogP contribution in [-0.2, 0) is 4.79 Å². The normalized spacial score (nSPS) is 23.1. The first-order chi connectivity index (χ1) is 13.3. The predicted octanol–water partition coefficient (Wildman–Crippen LogP) is 3.47. The number of fused-ring (bicyclic) bond motifs is 4. The molecule has 0 spiro atoms. The summed E-state index contributed by atoms with van der Waals surface area (Å²) >= 11 is 0. The van der Waals surface area contributed by atoms with E-state index in [1.165, 1.54) is 6.34 Å². The first-order valence-electron chi connectivity index (χ1n) is 8.90. The molecule has 0 fully saturated rings. The highest BCUT2D eigenvalue weighted by Gasteiger charge is 2.45. The van der Waals surface area contributed by atoms with Crippen molar-refractivity contribution in [2.75, 3.05) is 7.11 Å². The molecular weight excluding hydrogens is 340 g/mol. The molecule has 5 rings (SSSR count). The van der Waals surface area contributed by atoms with E-state index < -0.39 is 12.1 Å². The highest BCUT2D eigenvalue weighted by molar-refractivity contribution is 5.95. The number of rotatable bonds is 2. The number of benzene rings is 3. The number of aliphatic imine (C=N–C) groups is 1. The highest BCUT2D eigenvalue weighted by Crippen LogP contribution is 2.48. The van der Waals surface area contributed by atoms with E-state index >= 15 is 0 Å². The number of amides is 1. The van der Waals surface area contributed by atoms with Crippen LogP contribution < -0.4 is 14.8 Å². The van der Waals surface area contributed by atoms with Crippen LogP contribution in [0.2, 0.25) is 0 Å². The van der Waals surface area contributed by atoms with Crippen molar-refractivity contribution in [2.24, 2.45) is 10.9 Å². The molecule has 5 nitrogen and oxygen atoms in total. The van der Waals surface area contributed by atoms with Gasteiger partial charge in [0.25, 0.3) is 0 Å². The summed E-state index contributed by atoms with van der Waals surface area (Å²) in [5.41, 5.74) is 2.05. The third-order valence-electron chi connectivity index (χ3n) is 5.36. The van der Waals surface area contributed by atoms with E-state index in [2.05, 4.69) is 28.5 Å². The van der Waals surface area contributed by atoms with Gasteiger partial charge in [0.15, 0.2) is 0 Å². The Bertz CT molecular complexity index is 1060. The van der Waals surface area contributed by atoms with Crippen LogP contribution in [0, 0.1) is 5.92 Å². The van der Waals surface area contributed by atoms with Gasteiger partial charge in [-0.05, 0) is 23.1 Å². The van der Waals surface area contributed by atoms with Crippen LogP contribution in [0.25, 0.3) is 10.8 Å². The molecule has 2 aliphatic heterocycles. The molecule has 27 heavy (non-hydrogen) atoms. The van der Waals surface area contributed by atoms with Crippen molar-refractivity contribution in [3.05, 3.63) is 71.8 Å². The quantitative estimate of drug-likeness (QED) is 0.763. The van der Waals surface area contributed by atoms with Gasteiger partial charge in [-0.2, -0.15) is 0 Å². The molecule has 2 heterocycles. The third-order valence-corrected chi connectivity index (χ3v) is 5.36. The van der Waals surface area contributed by atoms with Crippen molar-refractivity contribution >= 4 is 23.0 Å². The summed E-state index contributed by atoms with van der Waals surface area (Å²) in [6, 6.07) is 20.1. The Kier molecular flexibility index (Phi) is 3.60. The first-order valence-corrected chi connectivity index (χ1v) is 8.90. The van der Waals surface area contributed by atoms with Crippen molar-refractivity contribution in [1.29, 1.82) is 0 Å². The second-order valence-corrected chi connectivity index (χ2v) is 6.78.